The minimum Gasteiger partial charge on any atom is -0.490 e. The van der Waals surface area contributed by atoms with Crippen LogP contribution in [0.2, 0.25) is 0 Å². The van der Waals surface area contributed by atoms with E-state index in [-0.39, 0.29) is 17.6 Å². The second kappa shape index (κ2) is 7.91. The largest absolute Gasteiger partial charge is 0.490 e. The van der Waals surface area contributed by atoms with Gasteiger partial charge in [0, 0.05) is 22.9 Å². The lowest BCUT2D eigenvalue weighted by Crippen LogP contribution is -2.14. The molecule has 1 amide bonds. The number of nitrogens with one attached hydrogen (secondary N) is 1. The summed E-state index contributed by atoms with van der Waals surface area (Å²) in [7, 11) is -3.34. The molecule has 1 saturated carbocycles. The Morgan fingerprint density at radius 2 is 1.79 bits per heavy atom. The monoisotopic (exact) mass is 413 g/mol. The average Bonchev–Trinajstić information content (AvgIpc) is 3.30. The minimum absolute atomic E-state index is 0.0166. The van der Waals surface area contributed by atoms with Crippen LogP contribution in [0.5, 0.6) is 5.75 Å². The maximum Gasteiger partial charge on any atom is 0.291 e. The first-order valence-electron chi connectivity index (χ1n) is 9.65. The van der Waals surface area contributed by atoms with Crippen molar-refractivity contribution in [2.75, 3.05) is 11.6 Å². The molecule has 0 spiro atoms. The first-order valence-corrected chi connectivity index (χ1v) is 11.7. The fourth-order valence-corrected chi connectivity index (χ4v) is 4.50. The van der Waals surface area contributed by atoms with E-state index in [1.54, 1.807) is 36.4 Å². The van der Waals surface area contributed by atoms with Gasteiger partial charge in [-0.25, -0.2) is 8.42 Å². The molecule has 1 aromatic heterocycles. The molecule has 152 valence electrons. The SMILES string of the molecule is CS(=O)(=O)Cc1c(C(=O)Nc2ccc(OC3CCCC3)cc2)oc2ccccc12. The number of carbonyl (C=O) groups excluding carboxylic acids is 1. The smallest absolute Gasteiger partial charge is 0.291 e. The standard InChI is InChI=1S/C22H23NO5S/c1-29(25,26)14-19-18-8-4-5-9-20(18)28-21(19)22(24)23-15-10-12-17(13-11-15)27-16-6-2-3-7-16/h4-5,8-13,16H,2-3,6-7,14H2,1H3,(H,23,24). The van der Waals surface area contributed by atoms with Gasteiger partial charge >= 0.3 is 0 Å². The molecule has 0 aliphatic heterocycles. The van der Waals surface area contributed by atoms with Crippen LogP contribution in [-0.4, -0.2) is 26.7 Å². The number of para-hydroxylation sites is 1. The number of anilines is 1. The molecule has 2 aromatic carbocycles. The topological polar surface area (TPSA) is 85.6 Å². The molecule has 1 N–H and O–H groups in total. The predicted octanol–water partition coefficient (Wildman–Crippen LogP) is 4.55. The third-order valence-electron chi connectivity index (χ3n) is 5.03. The van der Waals surface area contributed by atoms with Gasteiger partial charge in [-0.3, -0.25) is 4.79 Å². The van der Waals surface area contributed by atoms with E-state index >= 15 is 0 Å². The average molecular weight is 413 g/mol. The van der Waals surface area contributed by atoms with Crippen molar-refractivity contribution < 1.29 is 22.4 Å². The van der Waals surface area contributed by atoms with Crippen LogP contribution in [0.1, 0.15) is 41.8 Å². The number of ether oxygens (including phenoxy) is 1. The van der Waals surface area contributed by atoms with Gasteiger partial charge < -0.3 is 14.5 Å². The van der Waals surface area contributed by atoms with E-state index in [9.17, 15) is 13.2 Å². The van der Waals surface area contributed by atoms with Gasteiger partial charge in [-0.2, -0.15) is 0 Å². The number of fused-ring (bicyclic) bond motifs is 1. The van der Waals surface area contributed by atoms with E-state index in [0.717, 1.165) is 24.8 Å². The van der Waals surface area contributed by atoms with Crippen LogP contribution in [0.15, 0.2) is 52.9 Å². The molecule has 4 rings (SSSR count). The lowest BCUT2D eigenvalue weighted by molar-refractivity contribution is 0.0997. The summed E-state index contributed by atoms with van der Waals surface area (Å²) >= 11 is 0. The van der Waals surface area contributed by atoms with Crippen molar-refractivity contribution in [3.63, 3.8) is 0 Å². The van der Waals surface area contributed by atoms with Crippen LogP contribution in [0, 0.1) is 0 Å². The van der Waals surface area contributed by atoms with Crippen molar-refractivity contribution in [1.82, 2.24) is 0 Å². The lowest BCUT2D eigenvalue weighted by Gasteiger charge is -2.13. The van der Waals surface area contributed by atoms with E-state index in [1.165, 1.54) is 12.8 Å². The van der Waals surface area contributed by atoms with Gasteiger partial charge in [-0.15, -0.1) is 0 Å². The van der Waals surface area contributed by atoms with Gasteiger partial charge in [0.1, 0.15) is 11.3 Å². The number of benzene rings is 2. The predicted molar refractivity (Wildman–Crippen MR) is 112 cm³/mol. The van der Waals surface area contributed by atoms with Gasteiger partial charge in [-0.1, -0.05) is 18.2 Å². The van der Waals surface area contributed by atoms with Crippen molar-refractivity contribution in [1.29, 1.82) is 0 Å². The molecule has 3 aromatic rings. The van der Waals surface area contributed by atoms with Gasteiger partial charge in [0.25, 0.3) is 5.91 Å². The summed E-state index contributed by atoms with van der Waals surface area (Å²) in [6, 6.07) is 14.2. The van der Waals surface area contributed by atoms with Crippen molar-refractivity contribution in [3.8, 4) is 5.75 Å². The zero-order chi connectivity index (χ0) is 20.4. The van der Waals surface area contributed by atoms with Gasteiger partial charge in [0.05, 0.1) is 11.9 Å². The molecule has 1 aliphatic carbocycles. The van der Waals surface area contributed by atoms with E-state index < -0.39 is 15.7 Å². The Labute approximate surface area is 169 Å². The molecule has 0 saturated heterocycles. The zero-order valence-electron chi connectivity index (χ0n) is 16.2. The summed E-state index contributed by atoms with van der Waals surface area (Å²) in [5.74, 6) is 0.0459. The Kier molecular flexibility index (Phi) is 5.32. The lowest BCUT2D eigenvalue weighted by atomic mass is 10.1. The quantitative estimate of drug-likeness (QED) is 0.641. The molecule has 7 heteroatoms. The summed E-state index contributed by atoms with van der Waals surface area (Å²) in [5.41, 5.74) is 1.44. The Morgan fingerprint density at radius 3 is 2.48 bits per heavy atom. The van der Waals surface area contributed by atoms with E-state index in [2.05, 4.69) is 5.32 Å². The molecule has 0 unspecified atom stereocenters. The Balaban J connectivity index is 1.55. The minimum atomic E-state index is -3.34. The molecule has 0 bridgehead atoms. The molecule has 1 heterocycles. The molecular formula is C22H23NO5S. The highest BCUT2D eigenvalue weighted by molar-refractivity contribution is 7.89. The van der Waals surface area contributed by atoms with E-state index in [0.29, 0.717) is 22.2 Å². The van der Waals surface area contributed by atoms with Gasteiger partial charge in [-0.05, 0) is 56.0 Å². The van der Waals surface area contributed by atoms with Crippen LogP contribution < -0.4 is 10.1 Å². The van der Waals surface area contributed by atoms with Crippen LogP contribution >= 0.6 is 0 Å². The second-order valence-corrected chi connectivity index (χ2v) is 9.62. The van der Waals surface area contributed by atoms with Crippen LogP contribution in [0.3, 0.4) is 0 Å². The number of carbonyl (C=O) groups is 1. The Hall–Kier alpha value is -2.80. The summed E-state index contributed by atoms with van der Waals surface area (Å²) < 4.78 is 35.4. The number of hydrogen-bond acceptors (Lipinski definition) is 5. The normalized spacial score (nSPS) is 14.9. The van der Waals surface area contributed by atoms with Crippen molar-refractivity contribution in [3.05, 3.63) is 59.9 Å². The summed E-state index contributed by atoms with van der Waals surface area (Å²) in [6.45, 7) is 0. The Morgan fingerprint density at radius 1 is 1.10 bits per heavy atom. The number of furan rings is 1. The van der Waals surface area contributed by atoms with E-state index in [1.807, 2.05) is 12.1 Å². The molecule has 1 fully saturated rings. The maximum atomic E-state index is 12.8. The van der Waals surface area contributed by atoms with Crippen molar-refractivity contribution >= 4 is 32.4 Å². The summed E-state index contributed by atoms with van der Waals surface area (Å²) in [6.07, 6.45) is 5.96. The van der Waals surface area contributed by atoms with Crippen molar-refractivity contribution in [2.45, 2.75) is 37.5 Å². The van der Waals surface area contributed by atoms with Crippen molar-refractivity contribution in [2.24, 2.45) is 0 Å². The van der Waals surface area contributed by atoms with E-state index in [4.69, 9.17) is 9.15 Å². The number of amides is 1. The fourth-order valence-electron chi connectivity index (χ4n) is 3.69. The number of rotatable bonds is 6. The highest BCUT2D eigenvalue weighted by atomic mass is 32.2. The molecule has 1 aliphatic rings. The Bertz CT molecular complexity index is 1130. The zero-order valence-corrected chi connectivity index (χ0v) is 17.0. The third-order valence-corrected chi connectivity index (χ3v) is 5.84. The van der Waals surface area contributed by atoms with Gasteiger partial charge in [0.2, 0.25) is 0 Å². The molecular weight excluding hydrogens is 390 g/mol. The molecule has 6 nitrogen and oxygen atoms in total. The first kappa shape index (κ1) is 19.5. The molecule has 0 atom stereocenters. The summed E-state index contributed by atoms with van der Waals surface area (Å²) in [4.78, 5) is 12.8. The third kappa shape index (κ3) is 4.62. The summed E-state index contributed by atoms with van der Waals surface area (Å²) in [5, 5.41) is 3.41. The van der Waals surface area contributed by atoms with Gasteiger partial charge in [0.15, 0.2) is 15.6 Å². The van der Waals surface area contributed by atoms with Crippen LogP contribution in [-0.2, 0) is 15.6 Å². The highest BCUT2D eigenvalue weighted by Crippen LogP contribution is 2.29. The second-order valence-electron chi connectivity index (χ2n) is 7.48. The van der Waals surface area contributed by atoms with Crippen LogP contribution in [0.4, 0.5) is 5.69 Å². The number of hydrogen-bond donors (Lipinski definition) is 1. The fraction of sp³-hybridized carbons (Fsp3) is 0.318. The highest BCUT2D eigenvalue weighted by Gasteiger charge is 2.23. The first-order chi connectivity index (χ1) is 13.9. The van der Waals surface area contributed by atoms with Crippen LogP contribution in [0.25, 0.3) is 11.0 Å². The molecule has 29 heavy (non-hydrogen) atoms. The number of sulfone groups is 1. The molecule has 0 radical (unpaired) electrons. The maximum absolute atomic E-state index is 12.8.